The molecule has 0 fully saturated rings. The van der Waals surface area contributed by atoms with Gasteiger partial charge in [0.25, 0.3) is 10.0 Å². The molecule has 5 aromatic carbocycles. The van der Waals surface area contributed by atoms with Crippen molar-refractivity contribution in [3.63, 3.8) is 0 Å². The van der Waals surface area contributed by atoms with E-state index in [4.69, 9.17) is 6.42 Å². The van der Waals surface area contributed by atoms with Gasteiger partial charge in [-0.05, 0) is 72.5 Å². The summed E-state index contributed by atoms with van der Waals surface area (Å²) < 4.78 is 63.1. The second-order valence-electron chi connectivity index (χ2n) is 13.3. The van der Waals surface area contributed by atoms with Crippen LogP contribution in [0.3, 0.4) is 0 Å². The minimum absolute atomic E-state index is 0.0587. The summed E-state index contributed by atoms with van der Waals surface area (Å²) in [5, 5.41) is 0.872. The van der Waals surface area contributed by atoms with E-state index in [0.717, 1.165) is 48.8 Å². The van der Waals surface area contributed by atoms with Crippen molar-refractivity contribution >= 4 is 52.5 Å². The van der Waals surface area contributed by atoms with Crippen LogP contribution in [-0.4, -0.2) is 43.1 Å². The summed E-state index contributed by atoms with van der Waals surface area (Å²) in [6, 6.07) is 39.1. The number of benzene rings is 5. The van der Waals surface area contributed by atoms with Crippen molar-refractivity contribution in [2.24, 2.45) is 0 Å². The van der Waals surface area contributed by atoms with Gasteiger partial charge in [0.05, 0.1) is 21.9 Å². The molecule has 6 aromatic rings. The van der Waals surface area contributed by atoms with Crippen LogP contribution in [0.15, 0.2) is 154 Å². The fourth-order valence-electron chi connectivity index (χ4n) is 6.96. The lowest BCUT2D eigenvalue weighted by Crippen LogP contribution is -2.35. The molecule has 0 saturated carbocycles. The van der Waals surface area contributed by atoms with Crippen LogP contribution in [0.4, 0.5) is 0 Å². The maximum absolute atomic E-state index is 14.5. The lowest BCUT2D eigenvalue weighted by Gasteiger charge is -2.28. The molecular formula is C43H38BrN3O4S2. The first kappa shape index (κ1) is 36.4. The Morgan fingerprint density at radius 3 is 2.04 bits per heavy atom. The Morgan fingerprint density at radius 2 is 1.42 bits per heavy atom. The van der Waals surface area contributed by atoms with E-state index in [0.29, 0.717) is 6.42 Å². The van der Waals surface area contributed by atoms with Crippen molar-refractivity contribution in [1.82, 2.24) is 13.2 Å². The van der Waals surface area contributed by atoms with Crippen LogP contribution in [0, 0.1) is 26.2 Å². The first-order valence-corrected chi connectivity index (χ1v) is 20.9. The number of nitrogens with zero attached hydrogens (tertiary/aromatic N) is 3. The maximum atomic E-state index is 14.5. The average Bonchev–Trinajstić information content (AvgIpc) is 3.77. The summed E-state index contributed by atoms with van der Waals surface area (Å²) in [5.74, 6) is 2.12. The van der Waals surface area contributed by atoms with Crippen LogP contribution in [-0.2, 0) is 20.0 Å². The average molecular weight is 805 g/mol. The summed E-state index contributed by atoms with van der Waals surface area (Å²) in [5.41, 5.74) is 6.28. The summed E-state index contributed by atoms with van der Waals surface area (Å²) in [7, 11) is -7.98. The van der Waals surface area contributed by atoms with Crippen molar-refractivity contribution in [3.05, 3.63) is 172 Å². The van der Waals surface area contributed by atoms with Gasteiger partial charge in [-0.1, -0.05) is 124 Å². The van der Waals surface area contributed by atoms with E-state index < -0.39 is 32.1 Å². The zero-order valence-corrected chi connectivity index (χ0v) is 32.5. The zero-order valence-electron chi connectivity index (χ0n) is 29.3. The van der Waals surface area contributed by atoms with Gasteiger partial charge in [-0.15, -0.1) is 6.42 Å². The van der Waals surface area contributed by atoms with E-state index in [-0.39, 0.29) is 22.9 Å². The molecule has 0 saturated heterocycles. The minimum atomic E-state index is -4.00. The van der Waals surface area contributed by atoms with Gasteiger partial charge in [-0.2, -0.15) is 4.31 Å². The van der Waals surface area contributed by atoms with Gasteiger partial charge >= 0.3 is 0 Å². The number of terminal acetylenes is 1. The number of hydrogen-bond acceptors (Lipinski definition) is 4. The van der Waals surface area contributed by atoms with Gasteiger partial charge < -0.3 is 4.57 Å². The monoisotopic (exact) mass is 803 g/mol. The summed E-state index contributed by atoms with van der Waals surface area (Å²) >= 11 is 3.66. The number of aromatic nitrogens is 1. The molecule has 1 aromatic heterocycles. The Bertz CT molecular complexity index is 2560. The van der Waals surface area contributed by atoms with E-state index in [2.05, 4.69) is 21.9 Å². The van der Waals surface area contributed by atoms with E-state index in [1.807, 2.05) is 103 Å². The lowest BCUT2D eigenvalue weighted by atomic mass is 9.91. The summed E-state index contributed by atoms with van der Waals surface area (Å²) in [4.78, 5) is 0.365. The van der Waals surface area contributed by atoms with Crippen molar-refractivity contribution in [1.29, 1.82) is 0 Å². The molecule has 7 nitrogen and oxygen atoms in total. The van der Waals surface area contributed by atoms with Crippen molar-refractivity contribution in [2.45, 2.75) is 42.1 Å². The molecular weight excluding hydrogens is 767 g/mol. The van der Waals surface area contributed by atoms with E-state index in [9.17, 15) is 16.8 Å². The summed E-state index contributed by atoms with van der Waals surface area (Å²) in [6.45, 7) is 3.77. The van der Waals surface area contributed by atoms with E-state index in [1.54, 1.807) is 54.7 Å². The third-order valence-electron chi connectivity index (χ3n) is 9.76. The molecule has 10 heteroatoms. The second kappa shape index (κ2) is 14.8. The van der Waals surface area contributed by atoms with Gasteiger partial charge in [0.2, 0.25) is 10.0 Å². The first-order chi connectivity index (χ1) is 25.5. The van der Waals surface area contributed by atoms with Crippen LogP contribution < -0.4 is 0 Å². The Kier molecular flexibility index (Phi) is 10.2. The molecule has 1 aliphatic heterocycles. The van der Waals surface area contributed by atoms with Gasteiger partial charge in [0.15, 0.2) is 0 Å². The van der Waals surface area contributed by atoms with Crippen molar-refractivity contribution in [3.8, 4) is 12.3 Å². The van der Waals surface area contributed by atoms with Crippen LogP contribution in [0.1, 0.15) is 46.3 Å². The van der Waals surface area contributed by atoms with Gasteiger partial charge in [-0.3, -0.25) is 4.31 Å². The molecule has 0 amide bonds. The molecule has 268 valence electrons. The first-order valence-electron chi connectivity index (χ1n) is 17.2. The third-order valence-corrected chi connectivity index (χ3v) is 13.8. The highest BCUT2D eigenvalue weighted by molar-refractivity contribution is 9.10. The highest BCUT2D eigenvalue weighted by Gasteiger charge is 2.38. The van der Waals surface area contributed by atoms with Crippen LogP contribution in [0.5, 0.6) is 0 Å². The van der Waals surface area contributed by atoms with Gasteiger partial charge in [0.1, 0.15) is 6.17 Å². The molecule has 2 heterocycles. The summed E-state index contributed by atoms with van der Waals surface area (Å²) in [6.07, 6.45) is 9.31. The largest absolute Gasteiger partial charge is 0.325 e. The Hall–Kier alpha value is -4.92. The minimum Gasteiger partial charge on any atom is -0.325 e. The number of halogens is 1. The van der Waals surface area contributed by atoms with Crippen LogP contribution in [0.2, 0.25) is 0 Å². The zero-order chi connectivity index (χ0) is 37.3. The Labute approximate surface area is 320 Å². The molecule has 0 aliphatic carbocycles. The predicted molar refractivity (Wildman–Crippen MR) is 215 cm³/mol. The molecule has 0 unspecified atom stereocenters. The van der Waals surface area contributed by atoms with Crippen molar-refractivity contribution < 1.29 is 16.8 Å². The fourth-order valence-corrected chi connectivity index (χ4v) is 10.2. The van der Waals surface area contributed by atoms with Gasteiger partial charge in [-0.25, -0.2) is 16.8 Å². The van der Waals surface area contributed by atoms with E-state index in [1.165, 1.54) is 8.61 Å². The number of fused-ring (bicyclic) bond motifs is 1. The number of hydrogen-bond donors (Lipinski definition) is 0. The molecule has 53 heavy (non-hydrogen) atoms. The Balaban J connectivity index is 1.40. The molecule has 7 rings (SSSR count). The molecule has 0 bridgehead atoms. The number of rotatable bonds is 11. The normalized spacial score (nSPS) is 15.4. The van der Waals surface area contributed by atoms with Crippen molar-refractivity contribution in [2.75, 3.05) is 13.1 Å². The maximum Gasteiger partial charge on any atom is 0.265 e. The molecule has 2 atom stereocenters. The van der Waals surface area contributed by atoms with Crippen LogP contribution in [0.25, 0.3) is 16.5 Å². The smallest absolute Gasteiger partial charge is 0.265 e. The molecule has 0 radical (unpaired) electrons. The predicted octanol–water partition coefficient (Wildman–Crippen LogP) is 9.11. The highest BCUT2D eigenvalue weighted by Crippen LogP contribution is 2.44. The molecule has 0 spiro atoms. The van der Waals surface area contributed by atoms with E-state index >= 15 is 0 Å². The topological polar surface area (TPSA) is 79.7 Å². The number of sulfonamides is 2. The number of aryl methyl sites for hydroxylation is 2. The van der Waals surface area contributed by atoms with Crippen LogP contribution >= 0.6 is 15.9 Å². The lowest BCUT2D eigenvalue weighted by molar-refractivity contribution is 0.344. The SMILES string of the molecule is C#CCN(C[C@H](c1ccccc1)c1cn([C@@H]2CC(c3ccccc3)=CN2S(=O)(=O)c2ccc(C)cc2)c2cc(Br)ccc12)S(=O)(=O)c1ccc(C)cc1. The fraction of sp³-hybridized carbons (Fsp3) is 0.163. The highest BCUT2D eigenvalue weighted by atomic mass is 79.9. The van der Waals surface area contributed by atoms with Gasteiger partial charge in [0, 0.05) is 41.1 Å². The third kappa shape index (κ3) is 7.22. The molecule has 0 N–H and O–H groups in total. The Morgan fingerprint density at radius 1 is 0.811 bits per heavy atom. The standard InChI is InChI=1S/C43H38BrN3O4S2/c1-4-25-45(52(48,49)37-20-15-31(2)16-21-37)29-40(34-13-9-6-10-14-34)41-30-46(42-27-36(44)19-24-39(41)42)43-26-35(33-11-7-5-8-12-33)28-47(43)53(50,51)38-22-17-32(3)18-23-38/h1,5-24,27-28,30,40,43H,25-26,29H2,2-3H3/t40-,43+/m1/s1. The quantitative estimate of drug-likeness (QED) is 0.123. The second-order valence-corrected chi connectivity index (χ2v) is 18.0. The molecule has 1 aliphatic rings.